The van der Waals surface area contributed by atoms with Gasteiger partial charge in [0.15, 0.2) is 23.3 Å². The zero-order chi connectivity index (χ0) is 25.7. The van der Waals surface area contributed by atoms with Gasteiger partial charge in [-0.15, -0.1) is 0 Å². The summed E-state index contributed by atoms with van der Waals surface area (Å²) in [5, 5.41) is 0. The van der Waals surface area contributed by atoms with Gasteiger partial charge in [-0.3, -0.25) is 0 Å². The van der Waals surface area contributed by atoms with Gasteiger partial charge in [0.05, 0.1) is 12.7 Å². The first-order valence-corrected chi connectivity index (χ1v) is 14.0. The number of halogens is 4. The molecule has 2 fully saturated rings. The Labute approximate surface area is 213 Å². The summed E-state index contributed by atoms with van der Waals surface area (Å²) in [5.74, 6) is -2.15. The summed E-state index contributed by atoms with van der Waals surface area (Å²) in [7, 11) is 0. The molecule has 198 valence electrons. The van der Waals surface area contributed by atoms with Crippen LogP contribution < -0.4 is 0 Å². The summed E-state index contributed by atoms with van der Waals surface area (Å²) in [6.45, 7) is 4.23. The fourth-order valence-corrected chi connectivity index (χ4v) is 6.14. The summed E-state index contributed by atoms with van der Waals surface area (Å²) in [6, 6.07) is 6.88. The van der Waals surface area contributed by atoms with Crippen LogP contribution in [-0.4, -0.2) is 6.10 Å². The van der Waals surface area contributed by atoms with E-state index in [2.05, 4.69) is 6.92 Å². The van der Waals surface area contributed by atoms with Crippen LogP contribution >= 0.6 is 0 Å². The van der Waals surface area contributed by atoms with E-state index in [0.29, 0.717) is 54.7 Å². The number of hydrogen-bond donors (Lipinski definition) is 0. The Hall–Kier alpha value is -1.88. The molecule has 0 amide bonds. The number of rotatable bonds is 9. The molecule has 0 saturated heterocycles. The minimum atomic E-state index is -0.821. The third-order valence-electron chi connectivity index (χ3n) is 8.64. The Morgan fingerprint density at radius 3 is 1.75 bits per heavy atom. The van der Waals surface area contributed by atoms with E-state index in [4.69, 9.17) is 4.74 Å². The van der Waals surface area contributed by atoms with E-state index in [-0.39, 0.29) is 30.1 Å². The average molecular weight is 505 g/mol. The number of aryl methyl sites for hydroxylation is 1. The van der Waals surface area contributed by atoms with Crippen LogP contribution in [-0.2, 0) is 17.8 Å². The molecule has 5 heteroatoms. The lowest BCUT2D eigenvalue weighted by molar-refractivity contribution is 0.0116. The van der Waals surface area contributed by atoms with Crippen molar-refractivity contribution >= 4 is 0 Å². The van der Waals surface area contributed by atoms with E-state index >= 15 is 8.78 Å². The zero-order valence-electron chi connectivity index (χ0n) is 21.7. The van der Waals surface area contributed by atoms with Crippen molar-refractivity contribution in [2.75, 3.05) is 0 Å². The molecule has 2 aromatic carbocycles. The third kappa shape index (κ3) is 6.15. The molecule has 2 aromatic rings. The van der Waals surface area contributed by atoms with Crippen LogP contribution in [0, 0.1) is 29.2 Å². The van der Waals surface area contributed by atoms with Gasteiger partial charge in [-0.25, -0.2) is 17.6 Å². The van der Waals surface area contributed by atoms with Crippen LogP contribution in [0.4, 0.5) is 17.6 Å². The number of unbranched alkanes of at least 4 members (excludes halogenated alkanes) is 1. The maximum Gasteiger partial charge on any atom is 0.164 e. The van der Waals surface area contributed by atoms with Gasteiger partial charge in [-0.2, -0.15) is 0 Å². The molecule has 2 aliphatic rings. The monoisotopic (exact) mass is 504 g/mol. The molecule has 0 heterocycles. The predicted octanol–water partition coefficient (Wildman–Crippen LogP) is 9.51. The van der Waals surface area contributed by atoms with Crippen LogP contribution in [0.25, 0.3) is 0 Å². The van der Waals surface area contributed by atoms with Gasteiger partial charge in [0.25, 0.3) is 0 Å². The summed E-state index contributed by atoms with van der Waals surface area (Å²) < 4.78 is 64.9. The highest BCUT2D eigenvalue weighted by Gasteiger charge is 2.30. The molecule has 0 unspecified atom stereocenters. The van der Waals surface area contributed by atoms with E-state index in [0.717, 1.165) is 44.9 Å². The molecule has 2 saturated carbocycles. The van der Waals surface area contributed by atoms with Crippen molar-refractivity contribution in [2.45, 2.75) is 115 Å². The third-order valence-corrected chi connectivity index (χ3v) is 8.64. The van der Waals surface area contributed by atoms with Crippen molar-refractivity contribution in [3.8, 4) is 0 Å². The second kappa shape index (κ2) is 12.6. The average Bonchev–Trinajstić information content (AvgIpc) is 2.91. The highest BCUT2D eigenvalue weighted by atomic mass is 19.2. The smallest absolute Gasteiger partial charge is 0.164 e. The van der Waals surface area contributed by atoms with Crippen LogP contribution in [0.3, 0.4) is 0 Å². The molecular weight excluding hydrogens is 464 g/mol. The first-order valence-electron chi connectivity index (χ1n) is 14.0. The van der Waals surface area contributed by atoms with Crippen LogP contribution in [0.5, 0.6) is 0 Å². The highest BCUT2D eigenvalue weighted by Crippen LogP contribution is 2.41. The van der Waals surface area contributed by atoms with Gasteiger partial charge >= 0.3 is 0 Å². The lowest BCUT2D eigenvalue weighted by Crippen LogP contribution is -2.22. The van der Waals surface area contributed by atoms with Crippen LogP contribution in [0.1, 0.15) is 119 Å². The molecule has 0 spiro atoms. The summed E-state index contributed by atoms with van der Waals surface area (Å²) in [6.07, 6.45) is 10.1. The quantitative estimate of drug-likeness (QED) is 0.309. The number of hydrogen-bond acceptors (Lipinski definition) is 1. The summed E-state index contributed by atoms with van der Waals surface area (Å²) >= 11 is 0. The van der Waals surface area contributed by atoms with Gasteiger partial charge in [0.1, 0.15) is 0 Å². The highest BCUT2D eigenvalue weighted by molar-refractivity contribution is 5.32. The molecule has 1 nitrogen and oxygen atoms in total. The standard InChI is InChI=1S/C31H40F4O/c1-3-5-6-23-11-12-24(29(33)28(23)32)19-36-25-15-13-22(14-16-25)27-18-17-26(30(34)31(27)35)21-9-7-20(4-2)8-10-21/h11-12,17-18,20-22,25H,3-10,13-16,19H2,1-2H3. The molecule has 0 radical (unpaired) electrons. The molecule has 0 bridgehead atoms. The zero-order valence-corrected chi connectivity index (χ0v) is 21.7. The SMILES string of the molecule is CCCCc1ccc(COC2CCC(c3ccc(C4CCC(CC)CC4)c(F)c3F)CC2)c(F)c1F. The Bertz CT molecular complexity index is 1000. The normalized spacial score (nSPS) is 24.7. The van der Waals surface area contributed by atoms with Crippen molar-refractivity contribution in [1.29, 1.82) is 0 Å². The molecule has 0 aromatic heterocycles. The molecule has 0 N–H and O–H groups in total. The van der Waals surface area contributed by atoms with E-state index in [9.17, 15) is 8.78 Å². The summed E-state index contributed by atoms with van der Waals surface area (Å²) in [5.41, 5.74) is 1.64. The fourth-order valence-electron chi connectivity index (χ4n) is 6.14. The van der Waals surface area contributed by atoms with E-state index in [1.807, 2.05) is 13.0 Å². The summed E-state index contributed by atoms with van der Waals surface area (Å²) in [4.78, 5) is 0. The second-order valence-electron chi connectivity index (χ2n) is 10.9. The first-order chi connectivity index (χ1) is 17.4. The minimum absolute atomic E-state index is 0.0180. The maximum absolute atomic E-state index is 15.1. The van der Waals surface area contributed by atoms with Crippen molar-refractivity contribution < 1.29 is 22.3 Å². The van der Waals surface area contributed by atoms with Crippen molar-refractivity contribution in [3.05, 3.63) is 69.8 Å². The molecular formula is C31H40F4O. The molecule has 4 rings (SSSR count). The Balaban J connectivity index is 1.31. The van der Waals surface area contributed by atoms with Crippen molar-refractivity contribution in [3.63, 3.8) is 0 Å². The van der Waals surface area contributed by atoms with Crippen LogP contribution in [0.2, 0.25) is 0 Å². The molecule has 0 aliphatic heterocycles. The fraction of sp³-hybridized carbons (Fsp3) is 0.613. The van der Waals surface area contributed by atoms with Gasteiger partial charge in [0, 0.05) is 5.56 Å². The van der Waals surface area contributed by atoms with E-state index in [1.54, 1.807) is 18.2 Å². The van der Waals surface area contributed by atoms with Gasteiger partial charge in [0.2, 0.25) is 0 Å². The second-order valence-corrected chi connectivity index (χ2v) is 10.9. The van der Waals surface area contributed by atoms with E-state index in [1.165, 1.54) is 0 Å². The van der Waals surface area contributed by atoms with E-state index < -0.39 is 23.3 Å². The topological polar surface area (TPSA) is 9.23 Å². The first kappa shape index (κ1) is 27.2. The Morgan fingerprint density at radius 1 is 0.667 bits per heavy atom. The van der Waals surface area contributed by atoms with Crippen molar-refractivity contribution in [2.24, 2.45) is 5.92 Å². The predicted molar refractivity (Wildman–Crippen MR) is 136 cm³/mol. The van der Waals surface area contributed by atoms with Crippen molar-refractivity contribution in [1.82, 2.24) is 0 Å². The maximum atomic E-state index is 15.1. The Kier molecular flexibility index (Phi) is 9.49. The minimum Gasteiger partial charge on any atom is -0.373 e. The number of benzene rings is 2. The molecule has 36 heavy (non-hydrogen) atoms. The molecule has 2 aliphatic carbocycles. The largest absolute Gasteiger partial charge is 0.373 e. The van der Waals surface area contributed by atoms with Crippen LogP contribution in [0.15, 0.2) is 24.3 Å². The molecule has 0 atom stereocenters. The number of ether oxygens (including phenoxy) is 1. The lowest BCUT2D eigenvalue weighted by atomic mass is 9.76. The van der Waals surface area contributed by atoms with Gasteiger partial charge < -0.3 is 4.74 Å². The van der Waals surface area contributed by atoms with Gasteiger partial charge in [-0.1, -0.05) is 51.0 Å². The van der Waals surface area contributed by atoms with Gasteiger partial charge in [-0.05, 0) is 98.7 Å². The lowest BCUT2D eigenvalue weighted by Gasteiger charge is -2.31. The Morgan fingerprint density at radius 2 is 1.19 bits per heavy atom.